The number of ether oxygens (including phenoxy) is 2. The Morgan fingerprint density at radius 1 is 1.37 bits per heavy atom. The van der Waals surface area contributed by atoms with E-state index in [0.717, 1.165) is 12.8 Å². The van der Waals surface area contributed by atoms with Crippen molar-refractivity contribution in [3.05, 3.63) is 11.7 Å². The summed E-state index contributed by atoms with van der Waals surface area (Å²) >= 11 is 0. The summed E-state index contributed by atoms with van der Waals surface area (Å²) in [6.07, 6.45) is 1.55. The van der Waals surface area contributed by atoms with Crippen molar-refractivity contribution in [2.24, 2.45) is 0 Å². The Kier molecular flexibility index (Phi) is 4.90. The lowest BCUT2D eigenvalue weighted by atomic mass is 9.93. The van der Waals surface area contributed by atoms with E-state index in [-0.39, 0.29) is 0 Å². The lowest BCUT2D eigenvalue weighted by molar-refractivity contribution is -0.118. The molecule has 0 spiro atoms. The molecule has 0 aliphatic carbocycles. The second-order valence-electron chi connectivity index (χ2n) is 5.09. The fraction of sp³-hybridized carbons (Fsp3) is 0.846. The Morgan fingerprint density at radius 2 is 2.11 bits per heavy atom. The van der Waals surface area contributed by atoms with E-state index in [4.69, 9.17) is 14.0 Å². The first-order valence-electron chi connectivity index (χ1n) is 6.94. The Hall–Kier alpha value is -0.980. The van der Waals surface area contributed by atoms with Gasteiger partial charge in [0.2, 0.25) is 11.7 Å². The molecule has 0 bridgehead atoms. The van der Waals surface area contributed by atoms with Gasteiger partial charge in [-0.25, -0.2) is 0 Å². The maximum absolute atomic E-state index is 5.91. The first-order chi connectivity index (χ1) is 9.16. The molecule has 1 aliphatic rings. The molecule has 2 rings (SSSR count). The van der Waals surface area contributed by atoms with E-state index in [1.165, 1.54) is 0 Å². The van der Waals surface area contributed by atoms with Crippen LogP contribution in [0.3, 0.4) is 0 Å². The topological polar surface area (TPSA) is 69.4 Å². The van der Waals surface area contributed by atoms with Crippen LogP contribution >= 0.6 is 0 Å². The Balaban J connectivity index is 2.09. The normalized spacial score (nSPS) is 18.9. The molecule has 1 N–H and O–H groups in total. The monoisotopic (exact) mass is 269 g/mol. The molecule has 19 heavy (non-hydrogen) atoms. The van der Waals surface area contributed by atoms with E-state index in [1.807, 2.05) is 6.92 Å². The van der Waals surface area contributed by atoms with E-state index < -0.39 is 5.60 Å². The summed E-state index contributed by atoms with van der Waals surface area (Å²) in [4.78, 5) is 4.48. The third kappa shape index (κ3) is 3.52. The minimum absolute atomic E-state index is 0.388. The highest BCUT2D eigenvalue weighted by molar-refractivity contribution is 5.03. The van der Waals surface area contributed by atoms with Gasteiger partial charge in [-0.05, 0) is 6.92 Å². The number of nitrogens with one attached hydrogen (secondary N) is 1. The van der Waals surface area contributed by atoms with Gasteiger partial charge in [-0.3, -0.25) is 0 Å². The van der Waals surface area contributed by atoms with Crippen molar-refractivity contribution in [1.82, 2.24) is 15.5 Å². The van der Waals surface area contributed by atoms with Crippen LogP contribution in [0.5, 0.6) is 0 Å². The van der Waals surface area contributed by atoms with E-state index in [9.17, 15) is 0 Å². The van der Waals surface area contributed by atoms with Crippen molar-refractivity contribution in [2.45, 2.75) is 51.8 Å². The fourth-order valence-electron chi connectivity index (χ4n) is 2.21. The predicted octanol–water partition coefficient (Wildman–Crippen LogP) is 1.61. The van der Waals surface area contributed by atoms with Crippen molar-refractivity contribution in [1.29, 1.82) is 0 Å². The van der Waals surface area contributed by atoms with Crippen LogP contribution < -0.4 is 5.32 Å². The molecule has 2 heterocycles. The molecule has 0 saturated carbocycles. The standard InChI is InChI=1S/C13H23N3O3/c1-4-18-13(5-7-17-8-6-13)12-15-11(19-16-12)9-14-10(2)3/h10,14H,4-9H2,1-3H3. The zero-order chi connectivity index (χ0) is 13.7. The summed E-state index contributed by atoms with van der Waals surface area (Å²) in [5, 5.41) is 7.36. The van der Waals surface area contributed by atoms with E-state index in [0.29, 0.717) is 44.1 Å². The molecule has 0 unspecified atom stereocenters. The lowest BCUT2D eigenvalue weighted by Crippen LogP contribution is -2.37. The van der Waals surface area contributed by atoms with Crippen LogP contribution in [-0.4, -0.2) is 36.0 Å². The highest BCUT2D eigenvalue weighted by Crippen LogP contribution is 2.34. The summed E-state index contributed by atoms with van der Waals surface area (Å²) in [6, 6.07) is 0.388. The summed E-state index contributed by atoms with van der Waals surface area (Å²) < 4.78 is 16.6. The van der Waals surface area contributed by atoms with E-state index in [1.54, 1.807) is 0 Å². The molecule has 6 heteroatoms. The minimum atomic E-state index is -0.438. The van der Waals surface area contributed by atoms with Gasteiger partial charge in [0.05, 0.1) is 6.54 Å². The van der Waals surface area contributed by atoms with Gasteiger partial charge in [0.1, 0.15) is 5.60 Å². The first-order valence-corrected chi connectivity index (χ1v) is 6.94. The van der Waals surface area contributed by atoms with Crippen LogP contribution in [-0.2, 0) is 21.6 Å². The van der Waals surface area contributed by atoms with Crippen molar-refractivity contribution >= 4 is 0 Å². The molecule has 0 atom stereocenters. The summed E-state index contributed by atoms with van der Waals surface area (Å²) in [7, 11) is 0. The van der Waals surface area contributed by atoms with Crippen LogP contribution in [0.4, 0.5) is 0 Å². The van der Waals surface area contributed by atoms with Crippen LogP contribution in [0.25, 0.3) is 0 Å². The van der Waals surface area contributed by atoms with Gasteiger partial charge in [-0.1, -0.05) is 19.0 Å². The highest BCUT2D eigenvalue weighted by atomic mass is 16.5. The zero-order valence-electron chi connectivity index (χ0n) is 11.9. The van der Waals surface area contributed by atoms with Crippen molar-refractivity contribution < 1.29 is 14.0 Å². The van der Waals surface area contributed by atoms with Gasteiger partial charge in [0, 0.05) is 38.7 Å². The van der Waals surface area contributed by atoms with Crippen LogP contribution in [0.2, 0.25) is 0 Å². The number of rotatable bonds is 6. The molecule has 6 nitrogen and oxygen atoms in total. The quantitative estimate of drug-likeness (QED) is 0.846. The Bertz CT molecular complexity index is 381. The van der Waals surface area contributed by atoms with Crippen molar-refractivity contribution in [2.75, 3.05) is 19.8 Å². The predicted molar refractivity (Wildman–Crippen MR) is 69.6 cm³/mol. The number of nitrogens with zero attached hydrogens (tertiary/aromatic N) is 2. The Morgan fingerprint density at radius 3 is 2.74 bits per heavy atom. The van der Waals surface area contributed by atoms with Crippen LogP contribution in [0.15, 0.2) is 4.52 Å². The van der Waals surface area contributed by atoms with Crippen molar-refractivity contribution in [3.63, 3.8) is 0 Å². The maximum atomic E-state index is 5.91. The molecule has 1 aromatic heterocycles. The zero-order valence-corrected chi connectivity index (χ0v) is 11.9. The summed E-state index contributed by atoms with van der Waals surface area (Å²) in [5.74, 6) is 1.26. The molecular weight excluding hydrogens is 246 g/mol. The van der Waals surface area contributed by atoms with Gasteiger partial charge < -0.3 is 19.3 Å². The average Bonchev–Trinajstić information content (AvgIpc) is 2.87. The van der Waals surface area contributed by atoms with Gasteiger partial charge in [0.25, 0.3) is 0 Å². The average molecular weight is 269 g/mol. The van der Waals surface area contributed by atoms with E-state index in [2.05, 4.69) is 29.3 Å². The van der Waals surface area contributed by atoms with Crippen LogP contribution in [0, 0.1) is 0 Å². The molecule has 1 aromatic rings. The van der Waals surface area contributed by atoms with Gasteiger partial charge in [-0.2, -0.15) is 4.98 Å². The third-order valence-corrected chi connectivity index (χ3v) is 3.26. The molecule has 0 radical (unpaired) electrons. The van der Waals surface area contributed by atoms with Gasteiger partial charge in [0.15, 0.2) is 0 Å². The SMILES string of the molecule is CCOC1(c2noc(CNC(C)C)n2)CCOCC1. The smallest absolute Gasteiger partial charge is 0.240 e. The highest BCUT2D eigenvalue weighted by Gasteiger charge is 2.39. The largest absolute Gasteiger partial charge is 0.381 e. The third-order valence-electron chi connectivity index (χ3n) is 3.26. The molecule has 0 amide bonds. The molecule has 0 aromatic carbocycles. The second kappa shape index (κ2) is 6.45. The Labute approximate surface area is 113 Å². The molecular formula is C13H23N3O3. The summed E-state index contributed by atoms with van der Waals surface area (Å²) in [5.41, 5.74) is -0.438. The van der Waals surface area contributed by atoms with E-state index >= 15 is 0 Å². The van der Waals surface area contributed by atoms with Gasteiger partial charge >= 0.3 is 0 Å². The molecule has 1 fully saturated rings. The summed E-state index contributed by atoms with van der Waals surface area (Å²) in [6.45, 7) is 8.72. The van der Waals surface area contributed by atoms with Crippen LogP contribution in [0.1, 0.15) is 45.3 Å². The fourth-order valence-corrected chi connectivity index (χ4v) is 2.21. The number of aromatic nitrogens is 2. The maximum Gasteiger partial charge on any atom is 0.240 e. The first kappa shape index (κ1) is 14.4. The van der Waals surface area contributed by atoms with Gasteiger partial charge in [-0.15, -0.1) is 0 Å². The lowest BCUT2D eigenvalue weighted by Gasteiger charge is -2.33. The minimum Gasteiger partial charge on any atom is -0.381 e. The molecule has 108 valence electrons. The molecule has 1 saturated heterocycles. The van der Waals surface area contributed by atoms with Crippen molar-refractivity contribution in [3.8, 4) is 0 Å². The second-order valence-corrected chi connectivity index (χ2v) is 5.09. The number of hydrogen-bond acceptors (Lipinski definition) is 6. The number of hydrogen-bond donors (Lipinski definition) is 1. The molecule has 1 aliphatic heterocycles.